The zero-order valence-electron chi connectivity index (χ0n) is 11.5. The molecular formula is C15H15Br2ClN2O. The largest absolute Gasteiger partial charge is 0.438 e. The van der Waals surface area contributed by atoms with Crippen molar-refractivity contribution in [3.8, 4) is 11.6 Å². The van der Waals surface area contributed by atoms with Crippen molar-refractivity contribution in [2.45, 2.75) is 19.9 Å². The van der Waals surface area contributed by atoms with Gasteiger partial charge in [-0.1, -0.05) is 18.5 Å². The van der Waals surface area contributed by atoms with Crippen LogP contribution in [0.3, 0.4) is 0 Å². The van der Waals surface area contributed by atoms with E-state index in [4.69, 9.17) is 16.3 Å². The van der Waals surface area contributed by atoms with E-state index in [-0.39, 0.29) is 0 Å². The molecule has 112 valence electrons. The van der Waals surface area contributed by atoms with Gasteiger partial charge in [0, 0.05) is 27.8 Å². The predicted octanol–water partition coefficient (Wildman–Crippen LogP) is 5.55. The lowest BCUT2D eigenvalue weighted by molar-refractivity contribution is 0.450. The van der Waals surface area contributed by atoms with Gasteiger partial charge in [-0.2, -0.15) is 0 Å². The zero-order valence-corrected chi connectivity index (χ0v) is 15.4. The second-order valence-electron chi connectivity index (χ2n) is 4.47. The summed E-state index contributed by atoms with van der Waals surface area (Å²) in [6.07, 6.45) is 2.81. The van der Waals surface area contributed by atoms with Crippen LogP contribution in [-0.2, 0) is 6.54 Å². The predicted molar refractivity (Wildman–Crippen MR) is 93.2 cm³/mol. The lowest BCUT2D eigenvalue weighted by Gasteiger charge is -2.12. The number of nitrogens with zero attached hydrogens (tertiary/aromatic N) is 1. The van der Waals surface area contributed by atoms with E-state index in [1.165, 1.54) is 0 Å². The zero-order chi connectivity index (χ0) is 15.2. The third kappa shape index (κ3) is 4.95. The highest BCUT2D eigenvalue weighted by Gasteiger charge is 2.10. The molecule has 0 atom stereocenters. The average molecular weight is 435 g/mol. The first-order valence-electron chi connectivity index (χ1n) is 6.58. The molecule has 3 nitrogen and oxygen atoms in total. The van der Waals surface area contributed by atoms with Crippen molar-refractivity contribution in [1.29, 1.82) is 0 Å². The number of benzene rings is 1. The first-order valence-corrected chi connectivity index (χ1v) is 8.54. The monoisotopic (exact) mass is 432 g/mol. The molecule has 0 saturated carbocycles. The maximum atomic E-state index is 5.94. The topological polar surface area (TPSA) is 34.2 Å². The number of pyridine rings is 1. The lowest BCUT2D eigenvalue weighted by Crippen LogP contribution is -2.14. The van der Waals surface area contributed by atoms with E-state index in [0.717, 1.165) is 27.5 Å². The highest BCUT2D eigenvalue weighted by atomic mass is 79.9. The molecule has 0 aliphatic rings. The summed E-state index contributed by atoms with van der Waals surface area (Å²) in [7, 11) is 0. The Hall–Kier alpha value is -0.620. The molecule has 1 heterocycles. The minimum absolute atomic E-state index is 0.588. The van der Waals surface area contributed by atoms with Gasteiger partial charge in [-0.25, -0.2) is 4.98 Å². The van der Waals surface area contributed by atoms with Gasteiger partial charge in [0.25, 0.3) is 0 Å². The SMILES string of the molecule is CCCNCc1cc(Br)cnc1Oc1ccc(Cl)cc1Br. The highest BCUT2D eigenvalue weighted by molar-refractivity contribution is 9.10. The van der Waals surface area contributed by atoms with Crippen LogP contribution in [0.25, 0.3) is 0 Å². The maximum absolute atomic E-state index is 5.94. The van der Waals surface area contributed by atoms with E-state index in [1.807, 2.05) is 12.1 Å². The van der Waals surface area contributed by atoms with E-state index >= 15 is 0 Å². The highest BCUT2D eigenvalue weighted by Crippen LogP contribution is 2.33. The Morgan fingerprint density at radius 3 is 2.81 bits per heavy atom. The van der Waals surface area contributed by atoms with Gasteiger partial charge < -0.3 is 10.1 Å². The summed E-state index contributed by atoms with van der Waals surface area (Å²) in [6, 6.07) is 7.41. The van der Waals surface area contributed by atoms with Crippen LogP contribution in [0.1, 0.15) is 18.9 Å². The summed E-state index contributed by atoms with van der Waals surface area (Å²) in [4.78, 5) is 4.35. The number of nitrogens with one attached hydrogen (secondary N) is 1. The van der Waals surface area contributed by atoms with E-state index in [2.05, 4.69) is 49.1 Å². The van der Waals surface area contributed by atoms with Crippen molar-refractivity contribution < 1.29 is 4.74 Å². The lowest BCUT2D eigenvalue weighted by atomic mass is 10.2. The molecule has 21 heavy (non-hydrogen) atoms. The number of hydrogen-bond donors (Lipinski definition) is 1. The van der Waals surface area contributed by atoms with Crippen molar-refractivity contribution in [2.24, 2.45) is 0 Å². The van der Waals surface area contributed by atoms with Gasteiger partial charge in [0.2, 0.25) is 5.88 Å². The molecule has 0 unspecified atom stereocenters. The number of halogens is 3. The number of rotatable bonds is 6. The van der Waals surface area contributed by atoms with Gasteiger partial charge in [-0.05, 0) is 69.1 Å². The van der Waals surface area contributed by atoms with E-state index in [9.17, 15) is 0 Å². The molecule has 0 saturated heterocycles. The summed E-state index contributed by atoms with van der Waals surface area (Å²) in [5.74, 6) is 1.27. The number of aromatic nitrogens is 1. The van der Waals surface area contributed by atoms with Gasteiger partial charge >= 0.3 is 0 Å². The summed E-state index contributed by atoms with van der Waals surface area (Å²) in [5.41, 5.74) is 1.000. The first kappa shape index (κ1) is 16.7. The molecule has 2 aromatic rings. The molecule has 2 rings (SSSR count). The summed E-state index contributed by atoms with van der Waals surface area (Å²) in [6.45, 7) is 3.80. The van der Waals surface area contributed by atoms with Crippen molar-refractivity contribution in [3.05, 3.63) is 50.0 Å². The Balaban J connectivity index is 2.22. The summed E-state index contributed by atoms with van der Waals surface area (Å²) < 4.78 is 7.63. The number of ether oxygens (including phenoxy) is 1. The summed E-state index contributed by atoms with van der Waals surface area (Å²) in [5, 5.41) is 4.01. The van der Waals surface area contributed by atoms with Crippen LogP contribution in [-0.4, -0.2) is 11.5 Å². The van der Waals surface area contributed by atoms with Gasteiger partial charge in [-0.15, -0.1) is 0 Å². The molecule has 0 aliphatic carbocycles. The Kier molecular flexibility index (Phi) is 6.48. The van der Waals surface area contributed by atoms with Gasteiger partial charge in [-0.3, -0.25) is 0 Å². The summed E-state index contributed by atoms with van der Waals surface area (Å²) >= 11 is 12.8. The standard InChI is InChI=1S/C15H15Br2ClN2O/c1-2-5-19-8-10-6-11(16)9-20-15(10)21-14-4-3-12(18)7-13(14)17/h3-4,6-7,9,19H,2,5,8H2,1H3. The fourth-order valence-corrected chi connectivity index (χ4v) is 2.89. The molecule has 0 amide bonds. The first-order chi connectivity index (χ1) is 10.1. The Morgan fingerprint density at radius 1 is 1.29 bits per heavy atom. The molecule has 0 fully saturated rings. The average Bonchev–Trinajstić information content (AvgIpc) is 2.44. The quantitative estimate of drug-likeness (QED) is 0.605. The van der Waals surface area contributed by atoms with Crippen LogP contribution < -0.4 is 10.1 Å². The van der Waals surface area contributed by atoms with E-state index < -0.39 is 0 Å². The second-order valence-corrected chi connectivity index (χ2v) is 6.68. The molecular weight excluding hydrogens is 419 g/mol. The second kappa shape index (κ2) is 8.13. The molecule has 0 spiro atoms. The van der Waals surface area contributed by atoms with Crippen LogP contribution in [0.5, 0.6) is 11.6 Å². The van der Waals surface area contributed by atoms with Crippen LogP contribution in [0.4, 0.5) is 0 Å². The van der Waals surface area contributed by atoms with Crippen molar-refractivity contribution in [1.82, 2.24) is 10.3 Å². The molecule has 0 aliphatic heterocycles. The van der Waals surface area contributed by atoms with Gasteiger partial charge in [0.05, 0.1) is 4.47 Å². The molecule has 6 heteroatoms. The van der Waals surface area contributed by atoms with Gasteiger partial charge in [0.15, 0.2) is 0 Å². The third-order valence-corrected chi connectivity index (χ3v) is 4.02. The maximum Gasteiger partial charge on any atom is 0.223 e. The molecule has 0 bridgehead atoms. The Bertz CT molecular complexity index is 623. The normalized spacial score (nSPS) is 10.7. The van der Waals surface area contributed by atoms with Gasteiger partial charge in [0.1, 0.15) is 5.75 Å². The fourth-order valence-electron chi connectivity index (χ4n) is 1.75. The minimum Gasteiger partial charge on any atom is -0.438 e. The van der Waals surface area contributed by atoms with Crippen molar-refractivity contribution >= 4 is 43.5 Å². The van der Waals surface area contributed by atoms with Crippen molar-refractivity contribution in [2.75, 3.05) is 6.54 Å². The van der Waals surface area contributed by atoms with Crippen LogP contribution >= 0.6 is 43.5 Å². The van der Waals surface area contributed by atoms with Crippen molar-refractivity contribution in [3.63, 3.8) is 0 Å². The molecule has 1 aromatic heterocycles. The molecule has 1 aromatic carbocycles. The Morgan fingerprint density at radius 2 is 2.10 bits per heavy atom. The van der Waals surface area contributed by atoms with Crippen LogP contribution in [0.15, 0.2) is 39.4 Å². The van der Waals surface area contributed by atoms with Crippen LogP contribution in [0, 0.1) is 0 Å². The van der Waals surface area contributed by atoms with Crippen LogP contribution in [0.2, 0.25) is 5.02 Å². The van der Waals surface area contributed by atoms with E-state index in [0.29, 0.717) is 23.2 Å². The minimum atomic E-state index is 0.588. The fraction of sp³-hybridized carbons (Fsp3) is 0.267. The third-order valence-electron chi connectivity index (χ3n) is 2.73. The van der Waals surface area contributed by atoms with E-state index in [1.54, 1.807) is 18.3 Å². The smallest absolute Gasteiger partial charge is 0.223 e. The Labute approximate surface area is 146 Å². The molecule has 0 radical (unpaired) electrons. The number of hydrogen-bond acceptors (Lipinski definition) is 3. The molecule has 1 N–H and O–H groups in total.